The van der Waals surface area contributed by atoms with Gasteiger partial charge in [-0.15, -0.1) is 13.2 Å². The summed E-state index contributed by atoms with van der Waals surface area (Å²) in [4.78, 5) is 0. The van der Waals surface area contributed by atoms with Gasteiger partial charge in [0, 0.05) is 0 Å². The fourth-order valence-corrected chi connectivity index (χ4v) is 14.0. The Bertz CT molecular complexity index is 324. The van der Waals surface area contributed by atoms with E-state index in [4.69, 9.17) is 4.12 Å². The van der Waals surface area contributed by atoms with Crippen LogP contribution in [0.25, 0.3) is 0 Å². The molecular weight excluding hydrogens is 288 g/mol. The van der Waals surface area contributed by atoms with Crippen LogP contribution in [-0.4, -0.2) is 16.6 Å². The molecule has 0 radical (unpaired) electrons. The van der Waals surface area contributed by atoms with E-state index in [0.717, 1.165) is 11.1 Å². The van der Waals surface area contributed by atoms with E-state index in [1.54, 1.807) is 0 Å². The summed E-state index contributed by atoms with van der Waals surface area (Å²) in [5, 5.41) is 0. The summed E-state index contributed by atoms with van der Waals surface area (Å²) >= 11 is 0. The normalized spacial score (nSPS) is 27.5. The Labute approximate surface area is 134 Å². The Kier molecular flexibility index (Phi) is 6.09. The fraction of sp³-hybridized carbons (Fsp3) is 0.778. The summed E-state index contributed by atoms with van der Waals surface area (Å²) in [7, 11) is -3.62. The second-order valence-electron chi connectivity index (χ2n) is 7.55. The average Bonchev–Trinajstić information content (AvgIpc) is 2.56. The molecule has 21 heavy (non-hydrogen) atoms. The highest BCUT2D eigenvalue weighted by molar-refractivity contribution is 6.91. The van der Waals surface area contributed by atoms with Crippen LogP contribution in [0.4, 0.5) is 0 Å². The van der Waals surface area contributed by atoms with Crippen LogP contribution in [0, 0.1) is 0 Å². The maximum Gasteiger partial charge on any atom is 0.204 e. The van der Waals surface area contributed by atoms with Gasteiger partial charge in [-0.3, -0.25) is 0 Å². The highest BCUT2D eigenvalue weighted by atomic mass is 28.4. The number of hydrogen-bond donors (Lipinski definition) is 0. The van der Waals surface area contributed by atoms with Gasteiger partial charge in [0.15, 0.2) is 0 Å². The maximum absolute atomic E-state index is 7.04. The van der Waals surface area contributed by atoms with E-state index in [-0.39, 0.29) is 0 Å². The smallest absolute Gasteiger partial charge is 0.204 e. The summed E-state index contributed by atoms with van der Waals surface area (Å²) in [5.41, 5.74) is 6.06. The minimum Gasteiger partial charge on any atom is -0.449 e. The first kappa shape index (κ1) is 17.2. The van der Waals surface area contributed by atoms with Gasteiger partial charge in [0.1, 0.15) is 0 Å². The van der Waals surface area contributed by atoms with Gasteiger partial charge in [0.25, 0.3) is 0 Å². The Morgan fingerprint density at radius 1 is 0.714 bits per heavy atom. The molecule has 2 aliphatic carbocycles. The first-order chi connectivity index (χ1) is 10.0. The Morgan fingerprint density at radius 2 is 1.05 bits per heavy atom. The third-order valence-corrected chi connectivity index (χ3v) is 15.6. The van der Waals surface area contributed by atoms with Gasteiger partial charge in [0.05, 0.1) is 0 Å². The van der Waals surface area contributed by atoms with E-state index in [2.05, 4.69) is 37.7 Å². The zero-order valence-electron chi connectivity index (χ0n) is 14.2. The second-order valence-corrected chi connectivity index (χ2v) is 15.5. The van der Waals surface area contributed by atoms with Crippen LogP contribution in [0.1, 0.15) is 64.2 Å². The van der Waals surface area contributed by atoms with Gasteiger partial charge in [0.2, 0.25) is 16.6 Å². The lowest BCUT2D eigenvalue weighted by Gasteiger charge is -2.45. The molecule has 0 heterocycles. The van der Waals surface area contributed by atoms with Crippen LogP contribution in [0.3, 0.4) is 0 Å². The molecule has 0 aliphatic heterocycles. The highest BCUT2D eigenvalue weighted by Crippen LogP contribution is 2.44. The van der Waals surface area contributed by atoms with Gasteiger partial charge >= 0.3 is 0 Å². The van der Waals surface area contributed by atoms with E-state index < -0.39 is 16.6 Å². The number of rotatable bonds is 6. The monoisotopic (exact) mass is 322 g/mol. The van der Waals surface area contributed by atoms with Crippen molar-refractivity contribution in [1.29, 1.82) is 0 Å². The van der Waals surface area contributed by atoms with Crippen LogP contribution in [-0.2, 0) is 4.12 Å². The Hall–Kier alpha value is -0.126. The lowest BCUT2D eigenvalue weighted by atomic mass is 10.0. The molecule has 0 aromatic heterocycles. The van der Waals surface area contributed by atoms with Crippen LogP contribution in [0.5, 0.6) is 0 Å². The maximum atomic E-state index is 7.04. The predicted molar refractivity (Wildman–Crippen MR) is 98.4 cm³/mol. The van der Waals surface area contributed by atoms with Crippen molar-refractivity contribution in [1.82, 2.24) is 0 Å². The molecule has 0 bridgehead atoms. The molecule has 2 fully saturated rings. The minimum absolute atomic E-state index is 0.791. The van der Waals surface area contributed by atoms with E-state index in [1.165, 1.54) is 64.2 Å². The highest BCUT2D eigenvalue weighted by Gasteiger charge is 2.45. The minimum atomic E-state index is -1.81. The van der Waals surface area contributed by atoms with Crippen molar-refractivity contribution in [2.45, 2.75) is 88.4 Å². The van der Waals surface area contributed by atoms with E-state index in [9.17, 15) is 0 Å². The molecule has 0 aromatic carbocycles. The first-order valence-corrected chi connectivity index (χ1v) is 14.1. The lowest BCUT2D eigenvalue weighted by Crippen LogP contribution is -2.52. The second kappa shape index (κ2) is 7.43. The molecule has 2 atom stereocenters. The van der Waals surface area contributed by atoms with Gasteiger partial charge in [-0.25, -0.2) is 0 Å². The van der Waals surface area contributed by atoms with E-state index in [0.29, 0.717) is 0 Å². The third kappa shape index (κ3) is 3.99. The molecule has 0 N–H and O–H groups in total. The fourth-order valence-electron chi connectivity index (χ4n) is 4.41. The standard InChI is InChI=1S/C18H34OSi2/c1-5-20(3,17-13-9-7-10-14-17)19-21(4,6-2)18-15-11-8-12-16-18/h5-6,17-18H,1-2,7-16H2,3-4H3. The molecule has 3 heteroatoms. The first-order valence-electron chi connectivity index (χ1n) is 9.01. The van der Waals surface area contributed by atoms with Crippen molar-refractivity contribution in [2.75, 3.05) is 0 Å². The summed E-state index contributed by atoms with van der Waals surface area (Å²) in [6.45, 7) is 13.2. The van der Waals surface area contributed by atoms with Gasteiger partial charge in [-0.05, 0) is 24.2 Å². The molecule has 0 spiro atoms. The molecule has 0 aromatic rings. The molecule has 120 valence electrons. The van der Waals surface area contributed by atoms with Crippen molar-refractivity contribution in [3.05, 3.63) is 24.6 Å². The largest absolute Gasteiger partial charge is 0.449 e. The molecule has 2 aliphatic rings. The van der Waals surface area contributed by atoms with Crippen LogP contribution in [0.2, 0.25) is 24.2 Å². The third-order valence-electron chi connectivity index (χ3n) is 6.08. The zero-order valence-corrected chi connectivity index (χ0v) is 16.2. The molecule has 1 nitrogen and oxygen atoms in total. The molecule has 2 unspecified atom stereocenters. The van der Waals surface area contributed by atoms with E-state index >= 15 is 0 Å². The molecule has 0 amide bonds. The van der Waals surface area contributed by atoms with Crippen molar-refractivity contribution in [3.63, 3.8) is 0 Å². The van der Waals surface area contributed by atoms with Gasteiger partial charge in [-0.2, -0.15) is 0 Å². The summed E-state index contributed by atoms with van der Waals surface area (Å²) in [6.07, 6.45) is 13.8. The molecule has 2 rings (SSSR count). The number of hydrogen-bond acceptors (Lipinski definition) is 1. The van der Waals surface area contributed by atoms with Crippen LogP contribution in [0.15, 0.2) is 24.6 Å². The zero-order chi connectivity index (χ0) is 15.3. The Balaban J connectivity index is 2.12. The Morgan fingerprint density at radius 3 is 1.33 bits per heavy atom. The molecule has 2 saturated carbocycles. The van der Waals surface area contributed by atoms with Gasteiger partial charge in [-0.1, -0.05) is 75.6 Å². The van der Waals surface area contributed by atoms with Crippen molar-refractivity contribution in [3.8, 4) is 0 Å². The van der Waals surface area contributed by atoms with Crippen LogP contribution < -0.4 is 0 Å². The quantitative estimate of drug-likeness (QED) is 0.523. The molecule has 0 saturated heterocycles. The predicted octanol–water partition coefficient (Wildman–Crippen LogP) is 6.27. The van der Waals surface area contributed by atoms with Crippen molar-refractivity contribution >= 4 is 16.6 Å². The van der Waals surface area contributed by atoms with Crippen molar-refractivity contribution < 1.29 is 4.12 Å². The van der Waals surface area contributed by atoms with Gasteiger partial charge < -0.3 is 4.12 Å². The SMILES string of the molecule is C=C[Si](C)(O[Si](C)(C=C)C1CCCCC1)C1CCCCC1. The lowest BCUT2D eigenvalue weighted by molar-refractivity contribution is 0.413. The topological polar surface area (TPSA) is 9.23 Å². The van der Waals surface area contributed by atoms with Crippen molar-refractivity contribution in [2.24, 2.45) is 0 Å². The molecular formula is C18H34OSi2. The van der Waals surface area contributed by atoms with Crippen LogP contribution >= 0.6 is 0 Å². The summed E-state index contributed by atoms with van der Waals surface area (Å²) in [6, 6.07) is 0. The van der Waals surface area contributed by atoms with E-state index in [1.807, 2.05) is 0 Å². The average molecular weight is 323 g/mol. The summed E-state index contributed by atoms with van der Waals surface area (Å²) < 4.78 is 7.04. The summed E-state index contributed by atoms with van der Waals surface area (Å²) in [5.74, 6) is 0.